The Labute approximate surface area is 166 Å². The molecule has 3 aliphatic rings. The van der Waals surface area contributed by atoms with E-state index in [2.05, 4.69) is 6.58 Å². The van der Waals surface area contributed by atoms with Crippen LogP contribution in [0.3, 0.4) is 0 Å². The van der Waals surface area contributed by atoms with E-state index in [4.69, 9.17) is 14.2 Å². The number of carbonyl (C=O) groups excluding carboxylic acids is 2. The van der Waals surface area contributed by atoms with Crippen LogP contribution in [0.25, 0.3) is 0 Å². The first-order valence-electron chi connectivity index (χ1n) is 9.84. The SMILES string of the molecule is C=C1C(=O)O[C@@H]2[C@@H]1C[C@@H]1O[C@@]1(C)CC=C[C@@](C)(O)CCC=C(C)[C@@H]2OC(C)=O. The first-order valence-corrected chi connectivity index (χ1v) is 9.84. The maximum Gasteiger partial charge on any atom is 0.334 e. The highest BCUT2D eigenvalue weighted by Gasteiger charge is 2.55. The highest BCUT2D eigenvalue weighted by atomic mass is 16.6. The van der Waals surface area contributed by atoms with Crippen LogP contribution in [0.4, 0.5) is 0 Å². The third kappa shape index (κ3) is 4.39. The highest BCUT2D eigenvalue weighted by Crippen LogP contribution is 2.47. The molecule has 0 spiro atoms. The lowest BCUT2D eigenvalue weighted by Crippen LogP contribution is -2.37. The molecule has 0 unspecified atom stereocenters. The standard InChI is InChI=1S/C22H30O6/c1-13-8-6-9-21(4,25)10-7-11-22(5)17(28-22)12-16-14(2)20(24)27-19(16)18(13)26-15(3)23/h7-8,10,16-19,25H,2,6,9,11-12H2,1,3-5H3/t16-,17+,18+,19-,21+,22+/m1/s1. The summed E-state index contributed by atoms with van der Waals surface area (Å²) in [4.78, 5) is 24.0. The monoisotopic (exact) mass is 390 g/mol. The van der Waals surface area contributed by atoms with Gasteiger partial charge >= 0.3 is 11.9 Å². The number of rotatable bonds is 1. The molecule has 0 bridgehead atoms. The third-order valence-electron chi connectivity index (χ3n) is 6.01. The molecule has 1 N–H and O–H groups in total. The van der Waals surface area contributed by atoms with Gasteiger partial charge in [-0.25, -0.2) is 4.79 Å². The molecule has 0 aromatic heterocycles. The van der Waals surface area contributed by atoms with E-state index in [9.17, 15) is 14.7 Å². The number of allylic oxidation sites excluding steroid dienone is 1. The van der Waals surface area contributed by atoms with Crippen molar-refractivity contribution in [1.82, 2.24) is 0 Å². The van der Waals surface area contributed by atoms with Crippen LogP contribution in [0.1, 0.15) is 53.4 Å². The number of esters is 2. The number of ether oxygens (including phenoxy) is 3. The van der Waals surface area contributed by atoms with Gasteiger partial charge in [0.05, 0.1) is 17.3 Å². The van der Waals surface area contributed by atoms with Crippen molar-refractivity contribution in [3.8, 4) is 0 Å². The number of aliphatic hydroxyl groups is 1. The fourth-order valence-corrected chi connectivity index (χ4v) is 4.12. The number of hydrogen-bond acceptors (Lipinski definition) is 6. The summed E-state index contributed by atoms with van der Waals surface area (Å²) >= 11 is 0. The summed E-state index contributed by atoms with van der Waals surface area (Å²) in [6, 6.07) is 0. The van der Waals surface area contributed by atoms with Crippen molar-refractivity contribution in [1.29, 1.82) is 0 Å². The quantitative estimate of drug-likeness (QED) is 0.321. The van der Waals surface area contributed by atoms with Gasteiger partial charge in [0.15, 0.2) is 6.10 Å². The van der Waals surface area contributed by atoms with Crippen molar-refractivity contribution in [2.45, 2.75) is 82.9 Å². The molecule has 28 heavy (non-hydrogen) atoms. The fraction of sp³-hybridized carbons (Fsp3) is 0.636. The fourth-order valence-electron chi connectivity index (χ4n) is 4.12. The van der Waals surface area contributed by atoms with Crippen molar-refractivity contribution in [3.63, 3.8) is 0 Å². The Kier molecular flexibility index (Phi) is 5.56. The van der Waals surface area contributed by atoms with E-state index >= 15 is 0 Å². The Morgan fingerprint density at radius 2 is 2.11 bits per heavy atom. The smallest absolute Gasteiger partial charge is 0.334 e. The zero-order valence-corrected chi connectivity index (χ0v) is 17.1. The first kappa shape index (κ1) is 20.8. The Bertz CT molecular complexity index is 733. The van der Waals surface area contributed by atoms with Crippen LogP contribution >= 0.6 is 0 Å². The second-order valence-electron chi connectivity index (χ2n) is 8.64. The molecule has 0 amide bonds. The summed E-state index contributed by atoms with van der Waals surface area (Å²) in [5.74, 6) is -1.16. The Morgan fingerprint density at radius 1 is 1.39 bits per heavy atom. The van der Waals surface area contributed by atoms with E-state index in [-0.39, 0.29) is 17.6 Å². The minimum absolute atomic E-state index is 0.0500. The number of epoxide rings is 1. The summed E-state index contributed by atoms with van der Waals surface area (Å²) in [6.45, 7) is 10.9. The van der Waals surface area contributed by atoms with Crippen LogP contribution in [0.5, 0.6) is 0 Å². The summed E-state index contributed by atoms with van der Waals surface area (Å²) in [6.07, 6.45) is 6.74. The number of hydrogen-bond donors (Lipinski definition) is 1. The minimum Gasteiger partial charge on any atom is -0.454 e. The third-order valence-corrected chi connectivity index (χ3v) is 6.01. The molecule has 2 fully saturated rings. The molecular formula is C22H30O6. The zero-order chi connectivity index (χ0) is 20.7. The lowest BCUT2D eigenvalue weighted by Gasteiger charge is -2.28. The van der Waals surface area contributed by atoms with Gasteiger partial charge in [-0.1, -0.05) is 24.8 Å². The van der Waals surface area contributed by atoms with Crippen LogP contribution in [-0.2, 0) is 23.8 Å². The average molecular weight is 390 g/mol. The van der Waals surface area contributed by atoms with Crippen LogP contribution in [0, 0.1) is 5.92 Å². The Hall–Kier alpha value is -1.92. The molecule has 2 saturated heterocycles. The Balaban J connectivity index is 1.94. The van der Waals surface area contributed by atoms with Crippen LogP contribution < -0.4 is 0 Å². The largest absolute Gasteiger partial charge is 0.454 e. The van der Waals surface area contributed by atoms with Gasteiger partial charge < -0.3 is 19.3 Å². The molecule has 6 atom stereocenters. The average Bonchev–Trinajstić information content (AvgIpc) is 3.13. The van der Waals surface area contributed by atoms with E-state index in [1.165, 1.54) is 6.92 Å². The molecule has 0 saturated carbocycles. The molecule has 154 valence electrons. The van der Waals surface area contributed by atoms with Gasteiger partial charge in [0.1, 0.15) is 6.10 Å². The van der Waals surface area contributed by atoms with E-state index in [1.807, 2.05) is 32.1 Å². The van der Waals surface area contributed by atoms with Gasteiger partial charge in [-0.3, -0.25) is 4.79 Å². The molecule has 3 rings (SSSR count). The number of carbonyl (C=O) groups is 2. The van der Waals surface area contributed by atoms with E-state index in [1.54, 1.807) is 6.92 Å². The summed E-state index contributed by atoms with van der Waals surface area (Å²) in [5, 5.41) is 10.6. The molecular weight excluding hydrogens is 360 g/mol. The van der Waals surface area contributed by atoms with E-state index < -0.39 is 29.7 Å². The second kappa shape index (κ2) is 7.48. The predicted molar refractivity (Wildman–Crippen MR) is 103 cm³/mol. The van der Waals surface area contributed by atoms with Crippen LogP contribution in [0.15, 0.2) is 36.0 Å². The van der Waals surface area contributed by atoms with Gasteiger partial charge in [0.25, 0.3) is 0 Å². The molecule has 0 radical (unpaired) electrons. The second-order valence-corrected chi connectivity index (χ2v) is 8.64. The topological polar surface area (TPSA) is 85.4 Å². The van der Waals surface area contributed by atoms with Crippen LogP contribution in [-0.4, -0.2) is 46.6 Å². The zero-order valence-electron chi connectivity index (χ0n) is 17.1. The van der Waals surface area contributed by atoms with Crippen molar-refractivity contribution in [2.24, 2.45) is 5.92 Å². The lowest BCUT2D eigenvalue weighted by atomic mass is 9.84. The van der Waals surface area contributed by atoms with Gasteiger partial charge in [0.2, 0.25) is 0 Å². The molecule has 0 aromatic carbocycles. The molecule has 2 heterocycles. The van der Waals surface area contributed by atoms with Gasteiger partial charge in [0, 0.05) is 18.4 Å². The molecule has 1 aliphatic carbocycles. The summed E-state index contributed by atoms with van der Waals surface area (Å²) < 4.78 is 17.1. The first-order chi connectivity index (χ1) is 13.0. The van der Waals surface area contributed by atoms with Gasteiger partial charge in [-0.15, -0.1) is 0 Å². The predicted octanol–water partition coefficient (Wildman–Crippen LogP) is 3.00. The molecule has 0 aromatic rings. The van der Waals surface area contributed by atoms with Crippen molar-refractivity contribution in [2.75, 3.05) is 0 Å². The van der Waals surface area contributed by atoms with Crippen molar-refractivity contribution in [3.05, 3.63) is 36.0 Å². The molecule has 6 heteroatoms. The van der Waals surface area contributed by atoms with Crippen LogP contribution in [0.2, 0.25) is 0 Å². The van der Waals surface area contributed by atoms with Crippen molar-refractivity contribution < 1.29 is 28.9 Å². The maximum atomic E-state index is 12.2. The molecule has 6 nitrogen and oxygen atoms in total. The number of fused-ring (bicyclic) bond motifs is 2. The van der Waals surface area contributed by atoms with Gasteiger partial charge in [-0.05, 0) is 52.0 Å². The van der Waals surface area contributed by atoms with Gasteiger partial charge in [-0.2, -0.15) is 0 Å². The summed E-state index contributed by atoms with van der Waals surface area (Å²) in [7, 11) is 0. The summed E-state index contributed by atoms with van der Waals surface area (Å²) in [5.41, 5.74) is -0.0770. The normalized spacial score (nSPS) is 41.2. The van der Waals surface area contributed by atoms with E-state index in [0.717, 1.165) is 5.57 Å². The lowest BCUT2D eigenvalue weighted by molar-refractivity contribution is -0.157. The maximum absolute atomic E-state index is 12.2. The minimum atomic E-state index is -0.935. The van der Waals surface area contributed by atoms with Crippen molar-refractivity contribution >= 4 is 11.9 Å². The highest BCUT2D eigenvalue weighted by molar-refractivity contribution is 5.91. The molecule has 2 aliphatic heterocycles. The Morgan fingerprint density at radius 3 is 2.79 bits per heavy atom. The van der Waals surface area contributed by atoms with E-state index in [0.29, 0.717) is 31.3 Å².